The second kappa shape index (κ2) is 6.71. The first kappa shape index (κ1) is 15.4. The van der Waals surface area contributed by atoms with Gasteiger partial charge in [-0.15, -0.1) is 0 Å². The molecule has 0 unspecified atom stereocenters. The van der Waals surface area contributed by atoms with Gasteiger partial charge < -0.3 is 4.74 Å². The SMILES string of the molecule is CCCCCOC(=O)[CH]CCC12CC3CC(CC(C3)C1)C2. The topological polar surface area (TPSA) is 26.3 Å². The van der Waals surface area contributed by atoms with Gasteiger partial charge >= 0.3 is 5.97 Å². The summed E-state index contributed by atoms with van der Waals surface area (Å²) in [6, 6.07) is 0. The highest BCUT2D eigenvalue weighted by Crippen LogP contribution is 2.61. The molecule has 0 atom stereocenters. The van der Waals surface area contributed by atoms with Gasteiger partial charge in [0, 0.05) is 0 Å². The number of esters is 1. The Labute approximate surface area is 130 Å². The summed E-state index contributed by atoms with van der Waals surface area (Å²) < 4.78 is 5.27. The Hall–Kier alpha value is -0.530. The van der Waals surface area contributed by atoms with Crippen LogP contribution in [0.1, 0.15) is 77.6 Å². The molecule has 0 saturated heterocycles. The van der Waals surface area contributed by atoms with Crippen molar-refractivity contribution in [3.05, 3.63) is 6.42 Å². The molecule has 21 heavy (non-hydrogen) atoms. The van der Waals surface area contributed by atoms with E-state index in [0.717, 1.165) is 37.0 Å². The molecule has 0 aromatic rings. The number of carbonyl (C=O) groups is 1. The van der Waals surface area contributed by atoms with Crippen molar-refractivity contribution in [2.45, 2.75) is 77.6 Å². The van der Waals surface area contributed by atoms with Crippen molar-refractivity contribution in [3.8, 4) is 0 Å². The van der Waals surface area contributed by atoms with E-state index in [9.17, 15) is 4.79 Å². The van der Waals surface area contributed by atoms with Crippen LogP contribution < -0.4 is 0 Å². The van der Waals surface area contributed by atoms with Gasteiger partial charge in [0.2, 0.25) is 0 Å². The van der Waals surface area contributed by atoms with Gasteiger partial charge in [0.1, 0.15) is 0 Å². The van der Waals surface area contributed by atoms with Crippen LogP contribution in [-0.2, 0) is 9.53 Å². The fraction of sp³-hybridized carbons (Fsp3) is 0.895. The number of unbranched alkanes of at least 4 members (excludes halogenated alkanes) is 2. The van der Waals surface area contributed by atoms with E-state index in [4.69, 9.17) is 4.74 Å². The quantitative estimate of drug-likeness (QED) is 0.468. The third-order valence-electron chi connectivity index (χ3n) is 6.14. The summed E-state index contributed by atoms with van der Waals surface area (Å²) in [7, 11) is 0. The van der Waals surface area contributed by atoms with Crippen LogP contribution >= 0.6 is 0 Å². The molecule has 2 nitrogen and oxygen atoms in total. The molecule has 1 radical (unpaired) electrons. The third kappa shape index (κ3) is 3.81. The molecule has 4 saturated carbocycles. The summed E-state index contributed by atoms with van der Waals surface area (Å²) >= 11 is 0. The van der Waals surface area contributed by atoms with Crippen LogP contribution in [0.4, 0.5) is 0 Å². The zero-order valence-corrected chi connectivity index (χ0v) is 13.6. The molecule has 4 rings (SSSR count). The Bertz CT molecular complexity index is 325. The highest BCUT2D eigenvalue weighted by molar-refractivity contribution is 5.78. The van der Waals surface area contributed by atoms with Gasteiger partial charge in [-0.1, -0.05) is 19.8 Å². The molecule has 0 aromatic heterocycles. The van der Waals surface area contributed by atoms with E-state index in [0.29, 0.717) is 12.0 Å². The van der Waals surface area contributed by atoms with Gasteiger partial charge in [0.05, 0.1) is 13.0 Å². The summed E-state index contributed by atoms with van der Waals surface area (Å²) in [4.78, 5) is 11.7. The van der Waals surface area contributed by atoms with E-state index in [1.807, 2.05) is 6.42 Å². The van der Waals surface area contributed by atoms with Crippen molar-refractivity contribution in [1.29, 1.82) is 0 Å². The van der Waals surface area contributed by atoms with Gasteiger partial charge in [-0.2, -0.15) is 0 Å². The Morgan fingerprint density at radius 3 is 2.29 bits per heavy atom. The summed E-state index contributed by atoms with van der Waals surface area (Å²) in [5, 5.41) is 0. The van der Waals surface area contributed by atoms with E-state index in [-0.39, 0.29) is 5.97 Å². The minimum atomic E-state index is -0.0872. The average Bonchev–Trinajstić information content (AvgIpc) is 2.42. The molecular weight excluding hydrogens is 260 g/mol. The van der Waals surface area contributed by atoms with Crippen molar-refractivity contribution in [3.63, 3.8) is 0 Å². The third-order valence-corrected chi connectivity index (χ3v) is 6.14. The fourth-order valence-electron chi connectivity index (χ4n) is 5.68. The zero-order valence-electron chi connectivity index (χ0n) is 13.6. The lowest BCUT2D eigenvalue weighted by Gasteiger charge is -2.57. The number of rotatable bonds is 8. The first-order valence-electron chi connectivity index (χ1n) is 9.19. The normalized spacial score (nSPS) is 36.9. The largest absolute Gasteiger partial charge is 0.465 e. The molecule has 4 bridgehead atoms. The Kier molecular flexibility index (Phi) is 4.91. The minimum Gasteiger partial charge on any atom is -0.465 e. The Morgan fingerprint density at radius 2 is 1.71 bits per heavy atom. The predicted octanol–water partition coefficient (Wildman–Crippen LogP) is 4.92. The first-order valence-corrected chi connectivity index (χ1v) is 9.19. The van der Waals surface area contributed by atoms with E-state index < -0.39 is 0 Å². The van der Waals surface area contributed by atoms with Crippen LogP contribution in [0.25, 0.3) is 0 Å². The highest BCUT2D eigenvalue weighted by atomic mass is 16.5. The maximum Gasteiger partial charge on any atom is 0.309 e. The van der Waals surface area contributed by atoms with Crippen molar-refractivity contribution in [1.82, 2.24) is 0 Å². The Balaban J connectivity index is 1.36. The van der Waals surface area contributed by atoms with E-state index in [1.54, 1.807) is 0 Å². The van der Waals surface area contributed by atoms with E-state index in [1.165, 1.54) is 51.4 Å². The minimum absolute atomic E-state index is 0.0872. The number of ether oxygens (including phenoxy) is 1. The molecule has 0 heterocycles. The van der Waals surface area contributed by atoms with Crippen molar-refractivity contribution < 1.29 is 9.53 Å². The van der Waals surface area contributed by atoms with Crippen LogP contribution in [0.5, 0.6) is 0 Å². The summed E-state index contributed by atoms with van der Waals surface area (Å²) in [6.45, 7) is 2.76. The van der Waals surface area contributed by atoms with Crippen LogP contribution in [-0.4, -0.2) is 12.6 Å². The van der Waals surface area contributed by atoms with Crippen LogP contribution in [0.2, 0.25) is 0 Å². The molecule has 0 N–H and O–H groups in total. The number of carbonyl (C=O) groups excluding carboxylic acids is 1. The predicted molar refractivity (Wildman–Crippen MR) is 84.6 cm³/mol. The fourth-order valence-corrected chi connectivity index (χ4v) is 5.68. The molecule has 119 valence electrons. The molecular formula is C19H31O2. The van der Waals surface area contributed by atoms with Gasteiger partial charge in [0.15, 0.2) is 0 Å². The molecule has 0 amide bonds. The van der Waals surface area contributed by atoms with Gasteiger partial charge in [-0.05, 0) is 81.0 Å². The number of hydrogen-bond acceptors (Lipinski definition) is 2. The van der Waals surface area contributed by atoms with Crippen molar-refractivity contribution in [2.75, 3.05) is 6.61 Å². The van der Waals surface area contributed by atoms with Crippen molar-refractivity contribution in [2.24, 2.45) is 23.2 Å². The molecule has 0 aliphatic heterocycles. The summed E-state index contributed by atoms with van der Waals surface area (Å²) in [5.41, 5.74) is 0.591. The lowest BCUT2D eigenvalue weighted by atomic mass is 9.48. The highest BCUT2D eigenvalue weighted by Gasteiger charge is 2.50. The maximum absolute atomic E-state index is 11.7. The van der Waals surface area contributed by atoms with Gasteiger partial charge in [0.25, 0.3) is 0 Å². The van der Waals surface area contributed by atoms with Gasteiger partial charge in [-0.25, -0.2) is 0 Å². The zero-order chi connectivity index (χ0) is 14.7. The van der Waals surface area contributed by atoms with Gasteiger partial charge in [-0.3, -0.25) is 4.79 Å². The summed E-state index contributed by atoms with van der Waals surface area (Å²) in [5.74, 6) is 2.95. The second-order valence-electron chi connectivity index (χ2n) is 8.03. The van der Waals surface area contributed by atoms with E-state index in [2.05, 4.69) is 6.92 Å². The van der Waals surface area contributed by atoms with Crippen molar-refractivity contribution >= 4 is 5.97 Å². The average molecular weight is 291 g/mol. The lowest BCUT2D eigenvalue weighted by molar-refractivity contribution is -0.140. The lowest BCUT2D eigenvalue weighted by Crippen LogP contribution is -2.46. The van der Waals surface area contributed by atoms with Crippen LogP contribution in [0.15, 0.2) is 0 Å². The molecule has 4 aliphatic rings. The van der Waals surface area contributed by atoms with Crippen LogP contribution in [0.3, 0.4) is 0 Å². The van der Waals surface area contributed by atoms with E-state index >= 15 is 0 Å². The molecule has 2 heteroatoms. The molecule has 0 spiro atoms. The summed E-state index contributed by atoms with van der Waals surface area (Å²) in [6.07, 6.45) is 16.1. The van der Waals surface area contributed by atoms with Crippen LogP contribution in [0, 0.1) is 29.6 Å². The number of hydrogen-bond donors (Lipinski definition) is 0. The monoisotopic (exact) mass is 291 g/mol. The standard InChI is InChI=1S/C19H31O2/c1-2-3-4-8-21-18(20)6-5-7-19-12-15-9-16(13-19)11-17(10-15)14-19/h6,15-17H,2-5,7-14H2,1H3. The maximum atomic E-state index is 11.7. The molecule has 4 aliphatic carbocycles. The Morgan fingerprint density at radius 1 is 1.10 bits per heavy atom. The first-order chi connectivity index (χ1) is 10.2. The molecule has 4 fully saturated rings. The smallest absolute Gasteiger partial charge is 0.309 e. The second-order valence-corrected chi connectivity index (χ2v) is 8.03. The molecule has 0 aromatic carbocycles.